The average molecular weight is 589 g/mol. The third-order valence-electron chi connectivity index (χ3n) is 8.47. The molecule has 228 valence electrons. The van der Waals surface area contributed by atoms with Gasteiger partial charge in [0.2, 0.25) is 5.95 Å². The van der Waals surface area contributed by atoms with Crippen LogP contribution in [0.2, 0.25) is 0 Å². The van der Waals surface area contributed by atoms with Crippen molar-refractivity contribution in [3.8, 4) is 0 Å². The topological polar surface area (TPSA) is 126 Å². The number of ether oxygens (including phenoxy) is 1. The zero-order chi connectivity index (χ0) is 30.5. The number of nitrogens with one attached hydrogen (secondary N) is 1. The lowest BCUT2D eigenvalue weighted by Gasteiger charge is -2.33. The molecule has 2 bridgehead atoms. The first kappa shape index (κ1) is 28.9. The lowest BCUT2D eigenvalue weighted by Crippen LogP contribution is -2.47. The fourth-order valence-electron chi connectivity index (χ4n) is 6.56. The molecule has 3 aromatic heterocycles. The Kier molecular flexibility index (Phi) is 7.47. The number of carbonyl (C=O) groups excluding carboxylic acids is 3. The minimum absolute atomic E-state index is 0.0461. The van der Waals surface area contributed by atoms with Gasteiger partial charge in [-0.3, -0.25) is 9.59 Å². The van der Waals surface area contributed by atoms with E-state index in [1.54, 1.807) is 48.4 Å². The van der Waals surface area contributed by atoms with Gasteiger partial charge in [0.05, 0.1) is 11.6 Å². The van der Waals surface area contributed by atoms with Crippen LogP contribution in [0.3, 0.4) is 0 Å². The average Bonchev–Trinajstić information content (AvgIpc) is 3.68. The second-order valence-electron chi connectivity index (χ2n) is 13.2. The van der Waals surface area contributed by atoms with Gasteiger partial charge in [0, 0.05) is 57.6 Å². The van der Waals surface area contributed by atoms with Crippen molar-refractivity contribution in [1.82, 2.24) is 34.2 Å². The zero-order valence-electron chi connectivity index (χ0n) is 25.5. The van der Waals surface area contributed by atoms with E-state index in [1.165, 1.54) is 0 Å². The summed E-state index contributed by atoms with van der Waals surface area (Å²) in [5, 5.41) is 3.97. The molecule has 3 amide bonds. The molecule has 2 unspecified atom stereocenters. The standard InChI is InChI=1S/C31H40N8O4/c1-31(2,3)43-30(42)38-17-19-12-23(38)18-37(16-19)27(40)20-10-11-25(32-14-20)34-29-33-15-21-13-24(28(41)36(4)5)39(26(21)35-29)22-8-6-7-9-22/h10-11,13-15,19,22-23H,6-9,12,16-18H2,1-5H3,(H,32,33,34,35). The number of piperidine rings is 1. The van der Waals surface area contributed by atoms with Crippen molar-refractivity contribution in [3.05, 3.63) is 41.9 Å². The van der Waals surface area contributed by atoms with E-state index in [4.69, 9.17) is 9.72 Å². The van der Waals surface area contributed by atoms with Crippen molar-refractivity contribution in [1.29, 1.82) is 0 Å². The summed E-state index contributed by atoms with van der Waals surface area (Å²) >= 11 is 0. The number of nitrogens with zero attached hydrogens (tertiary/aromatic N) is 7. The molecule has 2 aliphatic heterocycles. The predicted octanol–water partition coefficient (Wildman–Crippen LogP) is 4.47. The molecule has 0 radical (unpaired) electrons. The highest BCUT2D eigenvalue weighted by Crippen LogP contribution is 2.35. The first-order valence-electron chi connectivity index (χ1n) is 15.1. The second-order valence-corrected chi connectivity index (χ2v) is 13.2. The molecule has 0 aromatic carbocycles. The highest BCUT2D eigenvalue weighted by molar-refractivity contribution is 5.98. The molecule has 1 saturated carbocycles. The Labute approximate surface area is 251 Å². The molecule has 1 aliphatic carbocycles. The van der Waals surface area contributed by atoms with Crippen molar-refractivity contribution in [2.75, 3.05) is 39.0 Å². The molecule has 3 fully saturated rings. The van der Waals surface area contributed by atoms with Crippen LogP contribution >= 0.6 is 0 Å². The Hall–Kier alpha value is -4.22. The first-order chi connectivity index (χ1) is 20.5. The van der Waals surface area contributed by atoms with Gasteiger partial charge in [-0.1, -0.05) is 12.8 Å². The normalized spacial score (nSPS) is 20.5. The summed E-state index contributed by atoms with van der Waals surface area (Å²) in [4.78, 5) is 58.0. The Morgan fingerprint density at radius 3 is 2.44 bits per heavy atom. The summed E-state index contributed by atoms with van der Waals surface area (Å²) in [6, 6.07) is 5.54. The molecule has 12 heteroatoms. The van der Waals surface area contributed by atoms with Gasteiger partial charge in [0.1, 0.15) is 22.8 Å². The summed E-state index contributed by atoms with van der Waals surface area (Å²) in [5.74, 6) is 0.947. The fraction of sp³-hybridized carbons (Fsp3) is 0.548. The molecule has 3 aromatic rings. The van der Waals surface area contributed by atoms with E-state index in [-0.39, 0.29) is 35.9 Å². The summed E-state index contributed by atoms with van der Waals surface area (Å²) in [5.41, 5.74) is 1.27. The molecule has 12 nitrogen and oxygen atoms in total. The lowest BCUT2D eigenvalue weighted by atomic mass is 9.99. The van der Waals surface area contributed by atoms with Crippen molar-refractivity contribution >= 4 is 40.7 Å². The van der Waals surface area contributed by atoms with Crippen LogP contribution in [0, 0.1) is 5.92 Å². The van der Waals surface area contributed by atoms with E-state index in [9.17, 15) is 14.4 Å². The molecule has 6 rings (SSSR count). The quantitative estimate of drug-likeness (QED) is 0.463. The van der Waals surface area contributed by atoms with Crippen LogP contribution < -0.4 is 5.32 Å². The van der Waals surface area contributed by atoms with Gasteiger partial charge in [-0.2, -0.15) is 4.98 Å². The highest BCUT2D eigenvalue weighted by Gasteiger charge is 2.43. The van der Waals surface area contributed by atoms with Gasteiger partial charge in [-0.05, 0) is 64.2 Å². The molecule has 43 heavy (non-hydrogen) atoms. The third-order valence-corrected chi connectivity index (χ3v) is 8.47. The fourth-order valence-corrected chi connectivity index (χ4v) is 6.56. The molecular weight excluding hydrogens is 548 g/mol. The summed E-state index contributed by atoms with van der Waals surface area (Å²) in [6.07, 6.45) is 8.13. The zero-order valence-corrected chi connectivity index (χ0v) is 25.5. The van der Waals surface area contributed by atoms with Gasteiger partial charge < -0.3 is 29.3 Å². The number of pyridine rings is 1. The maximum absolute atomic E-state index is 13.4. The number of amides is 3. The molecule has 2 atom stereocenters. The van der Waals surface area contributed by atoms with Crippen LogP contribution in [0.5, 0.6) is 0 Å². The van der Waals surface area contributed by atoms with Crippen LogP contribution in [-0.4, -0.2) is 97.5 Å². The van der Waals surface area contributed by atoms with E-state index in [0.29, 0.717) is 42.7 Å². The van der Waals surface area contributed by atoms with E-state index in [0.717, 1.165) is 43.1 Å². The number of hydrogen-bond acceptors (Lipinski definition) is 8. The number of hydrogen-bond donors (Lipinski definition) is 1. The largest absolute Gasteiger partial charge is 0.444 e. The van der Waals surface area contributed by atoms with Crippen molar-refractivity contribution in [2.45, 2.75) is 70.6 Å². The molecular formula is C31H40N8O4. The van der Waals surface area contributed by atoms with Crippen molar-refractivity contribution < 1.29 is 19.1 Å². The van der Waals surface area contributed by atoms with E-state index >= 15 is 0 Å². The first-order valence-corrected chi connectivity index (χ1v) is 15.1. The van der Waals surface area contributed by atoms with Crippen LogP contribution in [-0.2, 0) is 4.74 Å². The molecule has 2 saturated heterocycles. The molecule has 1 N–H and O–H groups in total. The number of rotatable bonds is 5. The number of carbonyl (C=O) groups is 3. The Morgan fingerprint density at radius 1 is 1.00 bits per heavy atom. The highest BCUT2D eigenvalue weighted by atomic mass is 16.6. The number of aromatic nitrogens is 4. The second kappa shape index (κ2) is 11.1. The Balaban J connectivity index is 1.16. The maximum Gasteiger partial charge on any atom is 0.410 e. The van der Waals surface area contributed by atoms with Gasteiger partial charge >= 0.3 is 6.09 Å². The molecule has 0 spiro atoms. The SMILES string of the molecule is CN(C)C(=O)c1cc2cnc(Nc3ccc(C(=O)N4CC5CC(C4)N(C(=O)OC(C)(C)C)C5)cn3)nc2n1C1CCCC1. The minimum atomic E-state index is -0.560. The van der Waals surface area contributed by atoms with Gasteiger partial charge in [-0.25, -0.2) is 14.8 Å². The van der Waals surface area contributed by atoms with Crippen LogP contribution in [0.1, 0.15) is 79.8 Å². The van der Waals surface area contributed by atoms with Crippen molar-refractivity contribution in [3.63, 3.8) is 0 Å². The van der Waals surface area contributed by atoms with Gasteiger partial charge in [0.15, 0.2) is 0 Å². The van der Waals surface area contributed by atoms with Crippen LogP contribution in [0.25, 0.3) is 11.0 Å². The predicted molar refractivity (Wildman–Crippen MR) is 161 cm³/mol. The van der Waals surface area contributed by atoms with E-state index < -0.39 is 5.60 Å². The molecule has 5 heterocycles. The van der Waals surface area contributed by atoms with Gasteiger partial charge in [-0.15, -0.1) is 0 Å². The lowest BCUT2D eigenvalue weighted by molar-refractivity contribution is 0.0207. The number of anilines is 2. The summed E-state index contributed by atoms with van der Waals surface area (Å²) in [6.45, 7) is 7.25. The Morgan fingerprint density at radius 2 is 1.77 bits per heavy atom. The van der Waals surface area contributed by atoms with E-state index in [2.05, 4.69) is 19.9 Å². The molecule has 3 aliphatic rings. The van der Waals surface area contributed by atoms with Gasteiger partial charge in [0.25, 0.3) is 11.8 Å². The minimum Gasteiger partial charge on any atom is -0.444 e. The van der Waals surface area contributed by atoms with Crippen LogP contribution in [0.15, 0.2) is 30.6 Å². The number of fused-ring (bicyclic) bond motifs is 3. The maximum atomic E-state index is 13.4. The Bertz CT molecular complexity index is 1540. The number of likely N-dealkylation sites (tertiary alicyclic amines) is 2. The monoisotopic (exact) mass is 588 g/mol. The smallest absolute Gasteiger partial charge is 0.410 e. The third kappa shape index (κ3) is 5.87. The van der Waals surface area contributed by atoms with Crippen LogP contribution in [0.4, 0.5) is 16.6 Å². The van der Waals surface area contributed by atoms with E-state index in [1.807, 2.05) is 31.7 Å². The summed E-state index contributed by atoms with van der Waals surface area (Å²) in [7, 11) is 3.51. The van der Waals surface area contributed by atoms with Crippen molar-refractivity contribution in [2.24, 2.45) is 5.92 Å². The summed E-state index contributed by atoms with van der Waals surface area (Å²) < 4.78 is 7.66.